The maximum atomic E-state index is 11.3. The summed E-state index contributed by atoms with van der Waals surface area (Å²) in [6, 6.07) is 7.58. The summed E-state index contributed by atoms with van der Waals surface area (Å²) in [5, 5.41) is 0. The Morgan fingerprint density at radius 1 is 1.40 bits per heavy atom. The van der Waals surface area contributed by atoms with Gasteiger partial charge in [-0.1, -0.05) is 18.2 Å². The lowest BCUT2D eigenvalue weighted by Crippen LogP contribution is -2.26. The highest BCUT2D eigenvalue weighted by molar-refractivity contribution is 5.74. The summed E-state index contributed by atoms with van der Waals surface area (Å²) < 4.78 is 10.3. The molecule has 0 amide bonds. The summed E-state index contributed by atoms with van der Waals surface area (Å²) in [6.45, 7) is 5.77. The zero-order valence-corrected chi connectivity index (χ0v) is 9.32. The molecule has 1 atom stereocenters. The number of hydrogen-bond acceptors (Lipinski definition) is 3. The van der Waals surface area contributed by atoms with Gasteiger partial charge in [-0.05, 0) is 32.4 Å². The molecule has 15 heavy (non-hydrogen) atoms. The fourth-order valence-electron chi connectivity index (χ4n) is 1.19. The van der Waals surface area contributed by atoms with Crippen LogP contribution in [0, 0.1) is 6.92 Å². The minimum Gasteiger partial charge on any atom is -0.479 e. The van der Waals surface area contributed by atoms with Gasteiger partial charge >= 0.3 is 5.97 Å². The molecule has 0 fully saturated rings. The molecule has 1 aromatic carbocycles. The number of carbonyl (C=O) groups is 1. The molecule has 0 aromatic heterocycles. The molecule has 0 saturated heterocycles. The number of rotatable bonds is 4. The summed E-state index contributed by atoms with van der Waals surface area (Å²) in [4.78, 5) is 11.3. The Kier molecular flexibility index (Phi) is 4.16. The highest BCUT2D eigenvalue weighted by atomic mass is 16.6. The van der Waals surface area contributed by atoms with Crippen LogP contribution < -0.4 is 4.74 Å². The minimum atomic E-state index is -0.564. The first kappa shape index (κ1) is 11.6. The number of carbonyl (C=O) groups excluding carboxylic acids is 1. The average molecular weight is 208 g/mol. The Labute approximate surface area is 90.0 Å². The fraction of sp³-hybridized carbons (Fsp3) is 0.417. The summed E-state index contributed by atoms with van der Waals surface area (Å²) >= 11 is 0. The Bertz CT molecular complexity index is 333. The molecule has 0 heterocycles. The Morgan fingerprint density at radius 2 is 2.07 bits per heavy atom. The van der Waals surface area contributed by atoms with Gasteiger partial charge in [-0.15, -0.1) is 0 Å². The van der Waals surface area contributed by atoms with Crippen molar-refractivity contribution in [1.82, 2.24) is 0 Å². The van der Waals surface area contributed by atoms with Crippen LogP contribution in [-0.2, 0) is 9.53 Å². The van der Waals surface area contributed by atoms with E-state index in [4.69, 9.17) is 9.47 Å². The van der Waals surface area contributed by atoms with E-state index >= 15 is 0 Å². The maximum absolute atomic E-state index is 11.3. The lowest BCUT2D eigenvalue weighted by atomic mass is 10.2. The Balaban J connectivity index is 2.62. The second kappa shape index (κ2) is 5.39. The summed E-state index contributed by atoms with van der Waals surface area (Å²) in [5.41, 5.74) is 1.01. The number of benzene rings is 1. The van der Waals surface area contributed by atoms with Gasteiger partial charge in [0.2, 0.25) is 0 Å². The van der Waals surface area contributed by atoms with Crippen LogP contribution in [0.2, 0.25) is 0 Å². The fourth-order valence-corrected chi connectivity index (χ4v) is 1.19. The van der Waals surface area contributed by atoms with Crippen LogP contribution in [0.4, 0.5) is 0 Å². The van der Waals surface area contributed by atoms with Crippen LogP contribution >= 0.6 is 0 Å². The number of hydrogen-bond donors (Lipinski definition) is 0. The van der Waals surface area contributed by atoms with E-state index in [0.29, 0.717) is 6.61 Å². The van der Waals surface area contributed by atoms with Gasteiger partial charge in [-0.25, -0.2) is 4.79 Å². The Hall–Kier alpha value is -1.51. The van der Waals surface area contributed by atoms with Crippen LogP contribution in [0.1, 0.15) is 19.4 Å². The predicted octanol–water partition coefficient (Wildman–Crippen LogP) is 2.33. The van der Waals surface area contributed by atoms with Crippen LogP contribution in [0.15, 0.2) is 24.3 Å². The molecule has 1 rings (SSSR count). The standard InChI is InChI=1S/C12H16O3/c1-4-14-12(13)10(3)15-11-8-6-5-7-9(11)2/h5-8,10H,4H2,1-3H3/t10-/m0/s1. The predicted molar refractivity (Wildman–Crippen MR) is 57.9 cm³/mol. The van der Waals surface area contributed by atoms with E-state index in [1.54, 1.807) is 13.8 Å². The van der Waals surface area contributed by atoms with Gasteiger partial charge in [0, 0.05) is 0 Å². The molecule has 0 saturated carbocycles. The molecule has 0 bridgehead atoms. The topological polar surface area (TPSA) is 35.5 Å². The third kappa shape index (κ3) is 3.27. The van der Waals surface area contributed by atoms with Gasteiger partial charge in [0.05, 0.1) is 6.61 Å². The monoisotopic (exact) mass is 208 g/mol. The molecule has 0 radical (unpaired) electrons. The number of aryl methyl sites for hydroxylation is 1. The summed E-state index contributed by atoms with van der Waals surface area (Å²) in [5.74, 6) is 0.388. The van der Waals surface area contributed by atoms with Crippen molar-refractivity contribution in [3.05, 3.63) is 29.8 Å². The van der Waals surface area contributed by atoms with Crippen molar-refractivity contribution in [1.29, 1.82) is 0 Å². The lowest BCUT2D eigenvalue weighted by Gasteiger charge is -2.14. The van der Waals surface area contributed by atoms with Crippen LogP contribution in [0.25, 0.3) is 0 Å². The smallest absolute Gasteiger partial charge is 0.347 e. The number of para-hydroxylation sites is 1. The average Bonchev–Trinajstić information content (AvgIpc) is 2.21. The van der Waals surface area contributed by atoms with Crippen molar-refractivity contribution < 1.29 is 14.3 Å². The third-order valence-corrected chi connectivity index (χ3v) is 2.02. The Morgan fingerprint density at radius 3 is 2.67 bits per heavy atom. The first-order chi connectivity index (χ1) is 7.15. The highest BCUT2D eigenvalue weighted by Gasteiger charge is 2.15. The van der Waals surface area contributed by atoms with Crippen LogP contribution in [0.3, 0.4) is 0 Å². The van der Waals surface area contributed by atoms with Crippen molar-refractivity contribution in [2.45, 2.75) is 26.9 Å². The van der Waals surface area contributed by atoms with Crippen molar-refractivity contribution in [3.63, 3.8) is 0 Å². The molecule has 3 nitrogen and oxygen atoms in total. The molecule has 0 aliphatic heterocycles. The molecule has 0 N–H and O–H groups in total. The van der Waals surface area contributed by atoms with E-state index in [1.807, 2.05) is 31.2 Å². The molecule has 0 unspecified atom stereocenters. The molecule has 3 heteroatoms. The molecular weight excluding hydrogens is 192 g/mol. The second-order valence-electron chi connectivity index (χ2n) is 3.28. The molecule has 0 aliphatic carbocycles. The lowest BCUT2D eigenvalue weighted by molar-refractivity contribution is -0.150. The van der Waals surface area contributed by atoms with E-state index in [1.165, 1.54) is 0 Å². The molecule has 0 spiro atoms. The van der Waals surface area contributed by atoms with E-state index < -0.39 is 6.10 Å². The molecule has 1 aromatic rings. The van der Waals surface area contributed by atoms with E-state index in [-0.39, 0.29) is 5.97 Å². The first-order valence-electron chi connectivity index (χ1n) is 5.04. The van der Waals surface area contributed by atoms with Gasteiger partial charge in [-0.3, -0.25) is 0 Å². The summed E-state index contributed by atoms with van der Waals surface area (Å²) in [7, 11) is 0. The van der Waals surface area contributed by atoms with Crippen LogP contribution in [0.5, 0.6) is 5.75 Å². The van der Waals surface area contributed by atoms with E-state index in [9.17, 15) is 4.79 Å². The van der Waals surface area contributed by atoms with Gasteiger partial charge in [0.1, 0.15) is 5.75 Å². The third-order valence-electron chi connectivity index (χ3n) is 2.02. The number of esters is 1. The first-order valence-corrected chi connectivity index (χ1v) is 5.04. The largest absolute Gasteiger partial charge is 0.479 e. The van der Waals surface area contributed by atoms with Crippen molar-refractivity contribution in [3.8, 4) is 5.75 Å². The highest BCUT2D eigenvalue weighted by Crippen LogP contribution is 2.17. The van der Waals surface area contributed by atoms with E-state index in [0.717, 1.165) is 11.3 Å². The quantitative estimate of drug-likeness (QED) is 0.712. The van der Waals surface area contributed by atoms with Crippen molar-refractivity contribution >= 4 is 5.97 Å². The summed E-state index contributed by atoms with van der Waals surface area (Å²) in [6.07, 6.45) is -0.564. The SMILES string of the molecule is CCOC(=O)[C@H](C)Oc1ccccc1C. The molecule has 0 aliphatic rings. The maximum Gasteiger partial charge on any atom is 0.347 e. The van der Waals surface area contributed by atoms with Crippen molar-refractivity contribution in [2.75, 3.05) is 6.61 Å². The molecular formula is C12H16O3. The van der Waals surface area contributed by atoms with Crippen molar-refractivity contribution in [2.24, 2.45) is 0 Å². The molecule has 82 valence electrons. The zero-order valence-electron chi connectivity index (χ0n) is 9.32. The van der Waals surface area contributed by atoms with Gasteiger partial charge < -0.3 is 9.47 Å². The van der Waals surface area contributed by atoms with Gasteiger partial charge in [0.15, 0.2) is 6.10 Å². The van der Waals surface area contributed by atoms with Gasteiger partial charge in [-0.2, -0.15) is 0 Å². The minimum absolute atomic E-state index is 0.333. The normalized spacial score (nSPS) is 11.9. The van der Waals surface area contributed by atoms with Gasteiger partial charge in [0.25, 0.3) is 0 Å². The second-order valence-corrected chi connectivity index (χ2v) is 3.28. The van der Waals surface area contributed by atoms with Crippen LogP contribution in [-0.4, -0.2) is 18.7 Å². The van der Waals surface area contributed by atoms with E-state index in [2.05, 4.69) is 0 Å². The number of ether oxygens (including phenoxy) is 2. The zero-order chi connectivity index (χ0) is 11.3.